The minimum absolute atomic E-state index is 0.132. The van der Waals surface area contributed by atoms with Gasteiger partial charge in [-0.2, -0.15) is 0 Å². The maximum absolute atomic E-state index is 10.7. The third kappa shape index (κ3) is 8.19. The Morgan fingerprint density at radius 1 is 1.04 bits per heavy atom. The molecule has 4 N–H and O–H groups in total. The molecule has 0 heterocycles. The summed E-state index contributed by atoms with van der Waals surface area (Å²) in [7, 11) is 0. The molecule has 3 atom stereocenters. The van der Waals surface area contributed by atoms with Gasteiger partial charge in [0, 0.05) is 13.0 Å². The van der Waals surface area contributed by atoms with Gasteiger partial charge in [-0.3, -0.25) is 0 Å². The van der Waals surface area contributed by atoms with Crippen molar-refractivity contribution in [3.05, 3.63) is 12.2 Å². The van der Waals surface area contributed by atoms with E-state index >= 15 is 0 Å². The van der Waals surface area contributed by atoms with E-state index in [9.17, 15) is 20.1 Å². The summed E-state index contributed by atoms with van der Waals surface area (Å²) in [6.07, 6.45) is 16.2. The molecule has 0 bridgehead atoms. The summed E-state index contributed by atoms with van der Waals surface area (Å²) in [4.78, 5) is 10.7. The lowest BCUT2D eigenvalue weighted by molar-refractivity contribution is -0.205. The van der Waals surface area contributed by atoms with Crippen molar-refractivity contribution in [3.8, 4) is 0 Å². The molecular formula is C21H38O5. The number of aliphatic hydroxyl groups is 3. The highest BCUT2D eigenvalue weighted by Crippen LogP contribution is 2.40. The second kappa shape index (κ2) is 12.5. The number of allylic oxidation sites excluding steroid dienone is 2. The normalized spacial score (nSPS) is 23.8. The quantitative estimate of drug-likeness (QED) is 0.211. The van der Waals surface area contributed by atoms with Crippen LogP contribution < -0.4 is 0 Å². The molecule has 1 rings (SSSR count). The van der Waals surface area contributed by atoms with Gasteiger partial charge in [-0.15, -0.1) is 0 Å². The Kier molecular flexibility index (Phi) is 11.1. The van der Waals surface area contributed by atoms with Crippen LogP contribution in [-0.2, 0) is 4.79 Å². The molecular weight excluding hydrogens is 332 g/mol. The number of aliphatic carboxylic acids is 1. The molecule has 0 aromatic rings. The van der Waals surface area contributed by atoms with E-state index in [0.717, 1.165) is 38.5 Å². The molecule has 0 aliphatic heterocycles. The third-order valence-electron chi connectivity index (χ3n) is 5.76. The summed E-state index contributed by atoms with van der Waals surface area (Å²) < 4.78 is 0. The Morgan fingerprint density at radius 2 is 1.73 bits per heavy atom. The van der Waals surface area contributed by atoms with Gasteiger partial charge >= 0.3 is 5.97 Å². The Hall–Kier alpha value is -0.910. The van der Waals surface area contributed by atoms with E-state index in [4.69, 9.17) is 5.11 Å². The zero-order valence-electron chi connectivity index (χ0n) is 16.3. The molecule has 1 fully saturated rings. The van der Waals surface area contributed by atoms with Crippen LogP contribution in [0.2, 0.25) is 0 Å². The van der Waals surface area contributed by atoms with Crippen LogP contribution in [0.4, 0.5) is 0 Å². The van der Waals surface area contributed by atoms with Crippen LogP contribution >= 0.6 is 0 Å². The molecule has 0 aromatic heterocycles. The highest BCUT2D eigenvalue weighted by Gasteiger charge is 2.34. The Balaban J connectivity index is 2.32. The maximum atomic E-state index is 10.7. The monoisotopic (exact) mass is 370 g/mol. The number of carboxylic acids is 1. The molecule has 0 amide bonds. The van der Waals surface area contributed by atoms with E-state index in [1.54, 1.807) is 0 Å². The van der Waals surface area contributed by atoms with E-state index in [1.807, 2.05) is 0 Å². The molecule has 5 heteroatoms. The van der Waals surface area contributed by atoms with E-state index in [0.29, 0.717) is 24.2 Å². The van der Waals surface area contributed by atoms with Crippen LogP contribution in [0.3, 0.4) is 0 Å². The van der Waals surface area contributed by atoms with Crippen molar-refractivity contribution in [2.24, 2.45) is 17.8 Å². The number of unbranched alkanes of at least 4 members (excludes halogenated alkanes) is 6. The zero-order chi connectivity index (χ0) is 19.4. The average molecular weight is 371 g/mol. The summed E-state index contributed by atoms with van der Waals surface area (Å²) >= 11 is 0. The lowest BCUT2D eigenvalue weighted by Gasteiger charge is -2.21. The second-order valence-corrected chi connectivity index (χ2v) is 7.86. The molecule has 152 valence electrons. The van der Waals surface area contributed by atoms with E-state index in [-0.39, 0.29) is 13.0 Å². The van der Waals surface area contributed by atoms with Crippen molar-refractivity contribution in [2.45, 2.75) is 89.8 Å². The van der Waals surface area contributed by atoms with Crippen molar-refractivity contribution in [3.63, 3.8) is 0 Å². The predicted molar refractivity (Wildman–Crippen MR) is 103 cm³/mol. The maximum Gasteiger partial charge on any atom is 0.364 e. The van der Waals surface area contributed by atoms with E-state index < -0.39 is 11.8 Å². The first-order valence-corrected chi connectivity index (χ1v) is 10.4. The van der Waals surface area contributed by atoms with E-state index in [1.165, 1.54) is 25.7 Å². The fourth-order valence-corrected chi connectivity index (χ4v) is 4.07. The van der Waals surface area contributed by atoms with Crippen LogP contribution in [0.1, 0.15) is 84.0 Å². The predicted octanol–water partition coefficient (Wildman–Crippen LogP) is 3.86. The van der Waals surface area contributed by atoms with Crippen LogP contribution in [0.25, 0.3) is 0 Å². The van der Waals surface area contributed by atoms with Gasteiger partial charge in [0.05, 0.1) is 0 Å². The molecule has 1 saturated carbocycles. The molecule has 0 unspecified atom stereocenters. The van der Waals surface area contributed by atoms with Gasteiger partial charge in [0.25, 0.3) is 5.79 Å². The number of hydrogen-bond acceptors (Lipinski definition) is 4. The van der Waals surface area contributed by atoms with Crippen LogP contribution in [0, 0.1) is 17.8 Å². The van der Waals surface area contributed by atoms with Crippen molar-refractivity contribution < 1.29 is 25.2 Å². The summed E-state index contributed by atoms with van der Waals surface area (Å²) in [5.74, 6) is -2.80. The number of rotatable bonds is 14. The summed E-state index contributed by atoms with van der Waals surface area (Å²) in [6.45, 7) is 2.46. The van der Waals surface area contributed by atoms with E-state index in [2.05, 4.69) is 19.1 Å². The number of aliphatic hydroxyl groups excluding tert-OH is 1. The Labute approximate surface area is 158 Å². The first-order chi connectivity index (χ1) is 12.4. The van der Waals surface area contributed by atoms with Gasteiger partial charge in [-0.25, -0.2) is 4.79 Å². The van der Waals surface area contributed by atoms with Gasteiger partial charge < -0.3 is 20.4 Å². The Bertz CT molecular complexity index is 419. The molecule has 0 aromatic carbocycles. The molecule has 5 nitrogen and oxygen atoms in total. The lowest BCUT2D eigenvalue weighted by atomic mass is 9.85. The molecule has 0 saturated heterocycles. The second-order valence-electron chi connectivity index (χ2n) is 7.86. The molecule has 1 aliphatic carbocycles. The fraction of sp³-hybridized carbons (Fsp3) is 0.857. The van der Waals surface area contributed by atoms with Gasteiger partial charge in [-0.1, -0.05) is 51.2 Å². The number of hydrogen-bond donors (Lipinski definition) is 4. The topological polar surface area (TPSA) is 98.0 Å². The highest BCUT2D eigenvalue weighted by molar-refractivity contribution is 5.74. The fourth-order valence-electron chi connectivity index (χ4n) is 4.07. The number of carbonyl (C=O) groups is 1. The summed E-state index contributed by atoms with van der Waals surface area (Å²) in [5, 5.41) is 36.9. The largest absolute Gasteiger partial charge is 0.477 e. The minimum Gasteiger partial charge on any atom is -0.477 e. The highest BCUT2D eigenvalue weighted by atomic mass is 16.5. The van der Waals surface area contributed by atoms with Crippen molar-refractivity contribution in [1.82, 2.24) is 0 Å². The van der Waals surface area contributed by atoms with Gasteiger partial charge in [0.1, 0.15) is 0 Å². The zero-order valence-corrected chi connectivity index (χ0v) is 16.3. The summed E-state index contributed by atoms with van der Waals surface area (Å²) in [6, 6.07) is 0. The number of carboxylic acid groups (broad SMARTS) is 1. The lowest BCUT2D eigenvalue weighted by Crippen LogP contribution is -2.37. The van der Waals surface area contributed by atoms with Gasteiger partial charge in [0.15, 0.2) is 0 Å². The molecule has 1 aliphatic rings. The first-order valence-electron chi connectivity index (χ1n) is 10.4. The van der Waals surface area contributed by atoms with Crippen molar-refractivity contribution in [1.29, 1.82) is 0 Å². The first kappa shape index (κ1) is 23.1. The molecule has 0 spiro atoms. The van der Waals surface area contributed by atoms with Crippen LogP contribution in [0.15, 0.2) is 12.2 Å². The Morgan fingerprint density at radius 3 is 2.38 bits per heavy atom. The minimum atomic E-state index is -2.60. The smallest absolute Gasteiger partial charge is 0.364 e. The van der Waals surface area contributed by atoms with Crippen LogP contribution in [-0.4, -0.2) is 38.8 Å². The average Bonchev–Trinajstić information content (AvgIpc) is 2.99. The molecule has 0 radical (unpaired) electrons. The van der Waals surface area contributed by atoms with Crippen LogP contribution in [0.5, 0.6) is 0 Å². The third-order valence-corrected chi connectivity index (χ3v) is 5.76. The SMILES string of the molecule is CCCCCCC=C[C@@H]1[C@H](CCCCCC(O)(O)C(=O)O)CC[C@H]1CO. The van der Waals surface area contributed by atoms with Crippen molar-refractivity contribution >= 4 is 5.97 Å². The van der Waals surface area contributed by atoms with Gasteiger partial charge in [0.2, 0.25) is 0 Å². The molecule has 26 heavy (non-hydrogen) atoms. The van der Waals surface area contributed by atoms with Crippen molar-refractivity contribution in [2.75, 3.05) is 6.61 Å². The van der Waals surface area contributed by atoms with Gasteiger partial charge in [-0.05, 0) is 56.3 Å². The summed E-state index contributed by atoms with van der Waals surface area (Å²) in [5.41, 5.74) is 0. The standard InChI is InChI=1S/C21H38O5/c1-2-3-4-5-6-9-12-19-17(13-14-18(19)16-22)11-8-7-10-15-21(25,26)20(23)24/h9,12,17-19,22,25-26H,2-8,10-11,13-16H2,1H3,(H,23,24)/t17-,18+,19-/m1/s1.